The Morgan fingerprint density at radius 2 is 1.88 bits per heavy atom. The zero-order valence-electron chi connectivity index (χ0n) is 14.9. The molecule has 0 heterocycles. The van der Waals surface area contributed by atoms with E-state index in [1.807, 2.05) is 0 Å². The molecule has 1 rings (SSSR count). The van der Waals surface area contributed by atoms with Gasteiger partial charge in [-0.15, -0.1) is 24.0 Å². The van der Waals surface area contributed by atoms with Crippen molar-refractivity contribution in [3.63, 3.8) is 0 Å². The van der Waals surface area contributed by atoms with Crippen molar-refractivity contribution in [1.29, 1.82) is 0 Å². The molecule has 0 aromatic heterocycles. The van der Waals surface area contributed by atoms with Crippen molar-refractivity contribution < 1.29 is 19.0 Å². The fourth-order valence-corrected chi connectivity index (χ4v) is 1.88. The molecule has 25 heavy (non-hydrogen) atoms. The molecular formula is C17H29FIN3O3. The van der Waals surface area contributed by atoms with Crippen LogP contribution in [0.2, 0.25) is 0 Å². The monoisotopic (exact) mass is 469 g/mol. The maximum Gasteiger partial charge on any atom is 0.191 e. The molecule has 0 saturated heterocycles. The van der Waals surface area contributed by atoms with E-state index in [0.29, 0.717) is 44.4 Å². The van der Waals surface area contributed by atoms with Gasteiger partial charge < -0.3 is 25.2 Å². The molecule has 0 aliphatic carbocycles. The zero-order valence-corrected chi connectivity index (χ0v) is 17.2. The van der Waals surface area contributed by atoms with Crippen LogP contribution in [-0.2, 0) is 16.0 Å². The van der Waals surface area contributed by atoms with Gasteiger partial charge in [-0.25, -0.2) is 4.39 Å². The van der Waals surface area contributed by atoms with Gasteiger partial charge in [0.15, 0.2) is 17.5 Å². The molecule has 0 aliphatic heterocycles. The van der Waals surface area contributed by atoms with E-state index in [2.05, 4.69) is 22.5 Å². The Morgan fingerprint density at radius 3 is 2.52 bits per heavy atom. The Balaban J connectivity index is 0.00000576. The van der Waals surface area contributed by atoms with Crippen LogP contribution in [0.15, 0.2) is 23.2 Å². The summed E-state index contributed by atoms with van der Waals surface area (Å²) in [5.41, 5.74) is 0.716. The van der Waals surface area contributed by atoms with Crippen molar-refractivity contribution in [3.8, 4) is 5.75 Å². The van der Waals surface area contributed by atoms with E-state index in [4.69, 9.17) is 14.6 Å². The minimum absolute atomic E-state index is 0. The Labute approximate surface area is 166 Å². The molecule has 0 amide bonds. The summed E-state index contributed by atoms with van der Waals surface area (Å²) in [7, 11) is 1.66. The first kappa shape index (κ1) is 23.9. The number of benzene rings is 1. The predicted molar refractivity (Wildman–Crippen MR) is 108 cm³/mol. The van der Waals surface area contributed by atoms with E-state index >= 15 is 0 Å². The smallest absolute Gasteiger partial charge is 0.191 e. The number of guanidine groups is 1. The fourth-order valence-electron chi connectivity index (χ4n) is 1.88. The number of phenolic OH excluding ortho intramolecular Hbond substituents is 1. The van der Waals surface area contributed by atoms with Gasteiger partial charge in [-0.05, 0) is 24.1 Å². The third-order valence-corrected chi connectivity index (χ3v) is 3.25. The van der Waals surface area contributed by atoms with Crippen molar-refractivity contribution in [3.05, 3.63) is 29.6 Å². The Bertz CT molecular complexity index is 504. The molecule has 8 heteroatoms. The average Bonchev–Trinajstić information content (AvgIpc) is 2.59. The molecule has 0 aliphatic rings. The Kier molecular flexibility index (Phi) is 14.5. The summed E-state index contributed by atoms with van der Waals surface area (Å²) in [5.74, 6) is -0.379. The van der Waals surface area contributed by atoms with Crippen LogP contribution in [0, 0.1) is 5.82 Å². The van der Waals surface area contributed by atoms with E-state index in [0.717, 1.165) is 19.4 Å². The molecule has 144 valence electrons. The van der Waals surface area contributed by atoms with E-state index in [-0.39, 0.29) is 29.7 Å². The molecule has 3 N–H and O–H groups in total. The van der Waals surface area contributed by atoms with Crippen LogP contribution in [0.3, 0.4) is 0 Å². The number of nitrogens with one attached hydrogen (secondary N) is 2. The summed E-state index contributed by atoms with van der Waals surface area (Å²) in [5, 5.41) is 15.3. The lowest BCUT2D eigenvalue weighted by atomic mass is 10.2. The van der Waals surface area contributed by atoms with Gasteiger partial charge in [-0.3, -0.25) is 4.99 Å². The normalized spacial score (nSPS) is 11.1. The number of unbranched alkanes of at least 4 members (excludes halogenated alkanes) is 1. The van der Waals surface area contributed by atoms with Gasteiger partial charge in [0.25, 0.3) is 0 Å². The van der Waals surface area contributed by atoms with Gasteiger partial charge in [0.2, 0.25) is 0 Å². The summed E-state index contributed by atoms with van der Waals surface area (Å²) >= 11 is 0. The first-order chi connectivity index (χ1) is 11.7. The van der Waals surface area contributed by atoms with Gasteiger partial charge in [0, 0.05) is 26.7 Å². The molecule has 1 aromatic carbocycles. The van der Waals surface area contributed by atoms with Crippen molar-refractivity contribution in [1.82, 2.24) is 10.6 Å². The topological polar surface area (TPSA) is 75.1 Å². The number of halogens is 2. The van der Waals surface area contributed by atoms with Gasteiger partial charge in [-0.2, -0.15) is 0 Å². The highest BCUT2D eigenvalue weighted by atomic mass is 127. The van der Waals surface area contributed by atoms with Crippen molar-refractivity contribution in [2.75, 3.05) is 40.0 Å². The molecule has 0 unspecified atom stereocenters. The Hall–Kier alpha value is -1.13. The number of hydrogen-bond donors (Lipinski definition) is 3. The number of aromatic hydroxyl groups is 1. The van der Waals surface area contributed by atoms with Crippen LogP contribution < -0.4 is 10.6 Å². The number of ether oxygens (including phenoxy) is 2. The van der Waals surface area contributed by atoms with Gasteiger partial charge in [0.05, 0.1) is 19.8 Å². The fraction of sp³-hybridized carbons (Fsp3) is 0.588. The lowest BCUT2D eigenvalue weighted by Gasteiger charge is -2.12. The number of rotatable bonds is 11. The summed E-state index contributed by atoms with van der Waals surface area (Å²) < 4.78 is 24.1. The van der Waals surface area contributed by atoms with Crippen LogP contribution in [-0.4, -0.2) is 51.1 Å². The molecule has 1 aromatic rings. The third kappa shape index (κ3) is 11.2. The minimum atomic E-state index is -0.633. The van der Waals surface area contributed by atoms with Crippen LogP contribution in [0.4, 0.5) is 4.39 Å². The van der Waals surface area contributed by atoms with Gasteiger partial charge in [-0.1, -0.05) is 19.4 Å². The van der Waals surface area contributed by atoms with E-state index < -0.39 is 5.82 Å². The number of aliphatic imine (C=N–C) groups is 1. The van der Waals surface area contributed by atoms with Crippen molar-refractivity contribution >= 4 is 29.9 Å². The molecule has 6 nitrogen and oxygen atoms in total. The number of hydrogen-bond acceptors (Lipinski definition) is 4. The second-order valence-corrected chi connectivity index (χ2v) is 5.22. The standard InChI is InChI=1S/C17H28FN3O3.HI/c1-3-4-8-23-10-11-24-9-7-20-17(19-2)21-13-14-5-6-16(22)15(18)12-14;/h5-6,12,22H,3-4,7-11,13H2,1-2H3,(H2,19,20,21);1H. The maximum atomic E-state index is 13.3. The molecule has 0 saturated carbocycles. The molecular weight excluding hydrogens is 440 g/mol. The highest BCUT2D eigenvalue weighted by Crippen LogP contribution is 2.15. The minimum Gasteiger partial charge on any atom is -0.505 e. The van der Waals surface area contributed by atoms with E-state index in [1.54, 1.807) is 13.1 Å². The van der Waals surface area contributed by atoms with Crippen molar-refractivity contribution in [2.45, 2.75) is 26.3 Å². The van der Waals surface area contributed by atoms with E-state index in [9.17, 15) is 4.39 Å². The number of phenols is 1. The van der Waals surface area contributed by atoms with Crippen LogP contribution in [0.5, 0.6) is 5.75 Å². The van der Waals surface area contributed by atoms with Gasteiger partial charge in [0.1, 0.15) is 0 Å². The lowest BCUT2D eigenvalue weighted by molar-refractivity contribution is 0.0487. The zero-order chi connectivity index (χ0) is 17.6. The molecule has 0 bridgehead atoms. The van der Waals surface area contributed by atoms with Crippen LogP contribution in [0.1, 0.15) is 25.3 Å². The van der Waals surface area contributed by atoms with E-state index in [1.165, 1.54) is 12.1 Å². The van der Waals surface area contributed by atoms with Crippen molar-refractivity contribution in [2.24, 2.45) is 4.99 Å². The summed E-state index contributed by atoms with van der Waals surface area (Å²) in [6, 6.07) is 4.27. The third-order valence-electron chi connectivity index (χ3n) is 3.25. The summed E-state index contributed by atoms with van der Waals surface area (Å²) in [4.78, 5) is 4.08. The van der Waals surface area contributed by atoms with Crippen LogP contribution >= 0.6 is 24.0 Å². The maximum absolute atomic E-state index is 13.3. The average molecular weight is 469 g/mol. The summed E-state index contributed by atoms with van der Waals surface area (Å²) in [6.07, 6.45) is 2.21. The first-order valence-corrected chi connectivity index (χ1v) is 8.24. The largest absolute Gasteiger partial charge is 0.505 e. The molecule has 0 spiro atoms. The quantitative estimate of drug-likeness (QED) is 0.201. The van der Waals surface area contributed by atoms with Gasteiger partial charge >= 0.3 is 0 Å². The van der Waals surface area contributed by atoms with Crippen LogP contribution in [0.25, 0.3) is 0 Å². The molecule has 0 fully saturated rings. The number of nitrogens with zero attached hydrogens (tertiary/aromatic N) is 1. The highest BCUT2D eigenvalue weighted by Gasteiger charge is 2.03. The highest BCUT2D eigenvalue weighted by molar-refractivity contribution is 14.0. The second kappa shape index (κ2) is 15.2. The molecule has 0 radical (unpaired) electrons. The lowest BCUT2D eigenvalue weighted by Crippen LogP contribution is -2.38. The predicted octanol–water partition coefficient (Wildman–Crippen LogP) is 2.65. The SMILES string of the molecule is CCCCOCCOCCNC(=NC)NCc1ccc(O)c(F)c1.I. The second-order valence-electron chi connectivity index (χ2n) is 5.22. The first-order valence-electron chi connectivity index (χ1n) is 8.24. The molecule has 0 atom stereocenters. The summed E-state index contributed by atoms with van der Waals surface area (Å²) in [6.45, 7) is 5.66. The Morgan fingerprint density at radius 1 is 1.16 bits per heavy atom.